The average molecular weight is 226 g/mol. The van der Waals surface area contributed by atoms with Crippen LogP contribution in [0.4, 0.5) is 4.79 Å². The first-order valence-electron chi connectivity index (χ1n) is 5.30. The van der Waals surface area contributed by atoms with Gasteiger partial charge in [0, 0.05) is 0 Å². The van der Waals surface area contributed by atoms with Crippen molar-refractivity contribution in [1.82, 2.24) is 10.3 Å². The van der Waals surface area contributed by atoms with Crippen LogP contribution in [0.15, 0.2) is 17.0 Å². The Labute approximate surface area is 95.2 Å². The summed E-state index contributed by atoms with van der Waals surface area (Å²) in [5, 5.41) is 2.73. The highest BCUT2D eigenvalue weighted by Gasteiger charge is 2.20. The number of carbonyl (C=O) groups is 1. The minimum absolute atomic E-state index is 0.197. The van der Waals surface area contributed by atoms with E-state index in [1.165, 1.54) is 6.39 Å². The van der Waals surface area contributed by atoms with Gasteiger partial charge in [-0.15, -0.1) is 0 Å². The Morgan fingerprint density at radius 2 is 2.31 bits per heavy atom. The first-order chi connectivity index (χ1) is 7.42. The van der Waals surface area contributed by atoms with E-state index in [1.807, 2.05) is 27.7 Å². The van der Waals surface area contributed by atoms with Gasteiger partial charge in [-0.2, -0.15) is 0 Å². The summed E-state index contributed by atoms with van der Waals surface area (Å²) in [5.41, 5.74) is -0.496. The molecule has 0 fully saturated rings. The molecule has 1 rings (SSSR count). The lowest BCUT2D eigenvalue weighted by molar-refractivity contribution is 0.0496. The standard InChI is InChI=1S/C11H18N2O3/c1-5-8(9-6-12-7-15-9)13-10(14)16-11(2,3)4/h6-8H,5H2,1-4H3,(H,13,14)/t8-/m0/s1. The molecule has 0 bridgehead atoms. The van der Waals surface area contributed by atoms with Crippen LogP contribution in [0.2, 0.25) is 0 Å². The fourth-order valence-electron chi connectivity index (χ4n) is 1.22. The Balaban J connectivity index is 2.55. The van der Waals surface area contributed by atoms with E-state index in [1.54, 1.807) is 6.20 Å². The van der Waals surface area contributed by atoms with Crippen molar-refractivity contribution in [1.29, 1.82) is 0 Å². The van der Waals surface area contributed by atoms with E-state index >= 15 is 0 Å². The van der Waals surface area contributed by atoms with Gasteiger partial charge in [-0.05, 0) is 27.2 Å². The van der Waals surface area contributed by atoms with Crippen molar-refractivity contribution in [3.8, 4) is 0 Å². The van der Waals surface area contributed by atoms with E-state index in [2.05, 4.69) is 10.3 Å². The minimum atomic E-state index is -0.496. The molecule has 0 saturated heterocycles. The summed E-state index contributed by atoms with van der Waals surface area (Å²) in [7, 11) is 0. The number of hydrogen-bond acceptors (Lipinski definition) is 4. The van der Waals surface area contributed by atoms with Crippen LogP contribution < -0.4 is 5.32 Å². The molecule has 0 aliphatic rings. The largest absolute Gasteiger partial charge is 0.446 e. The van der Waals surface area contributed by atoms with Crippen molar-refractivity contribution in [3.63, 3.8) is 0 Å². The molecule has 5 nitrogen and oxygen atoms in total. The second-order valence-corrected chi connectivity index (χ2v) is 4.51. The molecule has 5 heteroatoms. The number of alkyl carbamates (subject to hydrolysis) is 1. The van der Waals surface area contributed by atoms with Gasteiger partial charge in [0.15, 0.2) is 6.39 Å². The van der Waals surface area contributed by atoms with Crippen molar-refractivity contribution in [3.05, 3.63) is 18.4 Å². The molecule has 0 aromatic carbocycles. The normalized spacial score (nSPS) is 13.2. The molecular weight excluding hydrogens is 208 g/mol. The third kappa shape index (κ3) is 3.92. The molecular formula is C11H18N2O3. The molecule has 1 heterocycles. The molecule has 1 aromatic rings. The number of nitrogens with one attached hydrogen (secondary N) is 1. The van der Waals surface area contributed by atoms with Gasteiger partial charge in [-0.1, -0.05) is 6.92 Å². The predicted octanol–water partition coefficient (Wildman–Crippen LogP) is 2.65. The van der Waals surface area contributed by atoms with Crippen molar-refractivity contribution >= 4 is 6.09 Å². The van der Waals surface area contributed by atoms with Gasteiger partial charge < -0.3 is 14.5 Å². The fourth-order valence-corrected chi connectivity index (χ4v) is 1.22. The molecule has 0 saturated carbocycles. The number of carbonyl (C=O) groups excluding carboxylic acids is 1. The Hall–Kier alpha value is -1.52. The second kappa shape index (κ2) is 5.01. The number of aromatic nitrogens is 1. The van der Waals surface area contributed by atoms with Gasteiger partial charge in [0.05, 0.1) is 12.2 Å². The highest BCUT2D eigenvalue weighted by molar-refractivity contribution is 5.68. The van der Waals surface area contributed by atoms with Crippen LogP contribution >= 0.6 is 0 Å². The lowest BCUT2D eigenvalue weighted by atomic mass is 10.2. The zero-order valence-corrected chi connectivity index (χ0v) is 10.1. The zero-order valence-electron chi connectivity index (χ0n) is 10.1. The van der Waals surface area contributed by atoms with Gasteiger partial charge in [0.2, 0.25) is 0 Å². The zero-order chi connectivity index (χ0) is 12.2. The summed E-state index contributed by atoms with van der Waals surface area (Å²) in [6, 6.07) is -0.197. The SMILES string of the molecule is CC[C@H](NC(=O)OC(C)(C)C)c1cnco1. The summed E-state index contributed by atoms with van der Waals surface area (Å²) >= 11 is 0. The van der Waals surface area contributed by atoms with Gasteiger partial charge in [0.1, 0.15) is 11.4 Å². The monoisotopic (exact) mass is 226 g/mol. The smallest absolute Gasteiger partial charge is 0.408 e. The van der Waals surface area contributed by atoms with Gasteiger partial charge in [0.25, 0.3) is 0 Å². The highest BCUT2D eigenvalue weighted by Crippen LogP contribution is 2.16. The van der Waals surface area contributed by atoms with Gasteiger partial charge in [-0.3, -0.25) is 0 Å². The quantitative estimate of drug-likeness (QED) is 0.860. The minimum Gasteiger partial charge on any atom is -0.446 e. The lowest BCUT2D eigenvalue weighted by Crippen LogP contribution is -2.34. The molecule has 0 radical (unpaired) electrons. The number of ether oxygens (including phenoxy) is 1. The molecule has 1 N–H and O–H groups in total. The Morgan fingerprint density at radius 1 is 1.62 bits per heavy atom. The van der Waals surface area contributed by atoms with E-state index < -0.39 is 11.7 Å². The number of oxazole rings is 1. The number of nitrogens with zero attached hydrogens (tertiary/aromatic N) is 1. The first kappa shape index (κ1) is 12.5. The third-order valence-corrected chi connectivity index (χ3v) is 1.89. The summed E-state index contributed by atoms with van der Waals surface area (Å²) in [5.74, 6) is 0.633. The molecule has 0 aliphatic carbocycles. The van der Waals surface area contributed by atoms with Crippen molar-refractivity contribution in [2.24, 2.45) is 0 Å². The van der Waals surface area contributed by atoms with Gasteiger partial charge >= 0.3 is 6.09 Å². The van der Waals surface area contributed by atoms with E-state index in [0.29, 0.717) is 12.2 Å². The average Bonchev–Trinajstić information content (AvgIpc) is 2.63. The second-order valence-electron chi connectivity index (χ2n) is 4.51. The number of hydrogen-bond donors (Lipinski definition) is 1. The maximum absolute atomic E-state index is 11.5. The number of amides is 1. The fraction of sp³-hybridized carbons (Fsp3) is 0.636. The molecule has 1 amide bonds. The van der Waals surface area contributed by atoms with Crippen LogP contribution in [-0.4, -0.2) is 16.7 Å². The van der Waals surface area contributed by atoms with E-state index in [0.717, 1.165) is 0 Å². The lowest BCUT2D eigenvalue weighted by Gasteiger charge is -2.22. The predicted molar refractivity (Wildman–Crippen MR) is 58.9 cm³/mol. The van der Waals surface area contributed by atoms with Crippen LogP contribution in [0.5, 0.6) is 0 Å². The Bertz CT molecular complexity index is 327. The van der Waals surface area contributed by atoms with Crippen LogP contribution in [0.25, 0.3) is 0 Å². The summed E-state index contributed by atoms with van der Waals surface area (Å²) in [4.78, 5) is 15.3. The maximum Gasteiger partial charge on any atom is 0.408 e. The number of rotatable bonds is 3. The molecule has 90 valence electrons. The Kier molecular flexibility index (Phi) is 3.93. The van der Waals surface area contributed by atoms with Crippen molar-refractivity contribution in [2.45, 2.75) is 45.8 Å². The molecule has 1 atom stereocenters. The molecule has 0 unspecified atom stereocenters. The first-order valence-corrected chi connectivity index (χ1v) is 5.30. The topological polar surface area (TPSA) is 64.4 Å². The highest BCUT2D eigenvalue weighted by atomic mass is 16.6. The summed E-state index contributed by atoms with van der Waals surface area (Å²) in [6.45, 7) is 7.41. The van der Waals surface area contributed by atoms with Crippen LogP contribution in [-0.2, 0) is 4.74 Å². The molecule has 0 aliphatic heterocycles. The summed E-state index contributed by atoms with van der Waals surface area (Å²) in [6.07, 6.45) is 3.20. The van der Waals surface area contributed by atoms with Crippen LogP contribution in [0.1, 0.15) is 45.9 Å². The van der Waals surface area contributed by atoms with Gasteiger partial charge in [-0.25, -0.2) is 9.78 Å². The van der Waals surface area contributed by atoms with E-state index in [4.69, 9.17) is 9.15 Å². The molecule has 1 aromatic heterocycles. The van der Waals surface area contributed by atoms with E-state index in [-0.39, 0.29) is 6.04 Å². The maximum atomic E-state index is 11.5. The van der Waals surface area contributed by atoms with Crippen molar-refractivity contribution in [2.75, 3.05) is 0 Å². The van der Waals surface area contributed by atoms with Crippen LogP contribution in [0, 0.1) is 0 Å². The molecule has 0 spiro atoms. The molecule has 16 heavy (non-hydrogen) atoms. The Morgan fingerprint density at radius 3 is 2.75 bits per heavy atom. The summed E-state index contributed by atoms with van der Waals surface area (Å²) < 4.78 is 10.3. The van der Waals surface area contributed by atoms with E-state index in [9.17, 15) is 4.79 Å². The van der Waals surface area contributed by atoms with Crippen molar-refractivity contribution < 1.29 is 13.9 Å². The van der Waals surface area contributed by atoms with Crippen LogP contribution in [0.3, 0.4) is 0 Å². The third-order valence-electron chi connectivity index (χ3n) is 1.89.